The topological polar surface area (TPSA) is 52.6 Å². The molecule has 1 aliphatic rings. The van der Waals surface area contributed by atoms with Crippen molar-refractivity contribution in [2.75, 3.05) is 7.11 Å². The molecule has 1 unspecified atom stereocenters. The number of benzene rings is 3. The molecule has 0 saturated carbocycles. The summed E-state index contributed by atoms with van der Waals surface area (Å²) >= 11 is 0. The van der Waals surface area contributed by atoms with E-state index < -0.39 is 10.1 Å². The average molecular weight is 409 g/mol. The van der Waals surface area contributed by atoms with E-state index in [9.17, 15) is 8.42 Å². The highest BCUT2D eigenvalue weighted by Crippen LogP contribution is 2.44. The second kappa shape index (κ2) is 7.32. The fourth-order valence-electron chi connectivity index (χ4n) is 4.15. The average Bonchev–Trinajstić information content (AvgIpc) is 3.12. The zero-order chi connectivity index (χ0) is 20.8. The van der Waals surface area contributed by atoms with E-state index in [1.165, 1.54) is 23.8 Å². The summed E-state index contributed by atoms with van der Waals surface area (Å²) in [6.45, 7) is 6.16. The third kappa shape index (κ3) is 3.45. The molecule has 4 rings (SSSR count). The zero-order valence-electron chi connectivity index (χ0n) is 17.0. The fraction of sp³-hybridized carbons (Fsp3) is 0.250. The maximum absolute atomic E-state index is 12.5. The van der Waals surface area contributed by atoms with Gasteiger partial charge in [0.05, 0.1) is 7.11 Å². The van der Waals surface area contributed by atoms with E-state index in [0.717, 1.165) is 22.4 Å². The van der Waals surface area contributed by atoms with Crippen LogP contribution >= 0.6 is 0 Å². The molecular formula is C24H24O4S. The van der Waals surface area contributed by atoms with E-state index in [1.54, 1.807) is 12.1 Å². The lowest BCUT2D eigenvalue weighted by molar-refractivity contribution is 0.234. The smallest absolute Gasteiger partial charge is 0.297 e. The first-order valence-corrected chi connectivity index (χ1v) is 11.0. The highest BCUT2D eigenvalue weighted by atomic mass is 32.2. The molecule has 1 aliphatic heterocycles. The number of hydrogen-bond acceptors (Lipinski definition) is 4. The number of ether oxygens (including phenoxy) is 1. The van der Waals surface area contributed by atoms with Crippen molar-refractivity contribution in [1.82, 2.24) is 0 Å². The third-order valence-electron chi connectivity index (χ3n) is 5.54. The minimum absolute atomic E-state index is 0.164. The van der Waals surface area contributed by atoms with Crippen LogP contribution in [0.15, 0.2) is 59.5 Å². The minimum atomic E-state index is -3.83. The van der Waals surface area contributed by atoms with Gasteiger partial charge in [-0.15, -0.1) is 0 Å². The Labute approximate surface area is 172 Å². The molecule has 29 heavy (non-hydrogen) atoms. The van der Waals surface area contributed by atoms with Crippen LogP contribution in [-0.2, 0) is 20.7 Å². The molecule has 0 aliphatic carbocycles. The molecule has 5 heteroatoms. The van der Waals surface area contributed by atoms with E-state index in [0.29, 0.717) is 12.0 Å². The van der Waals surface area contributed by atoms with Gasteiger partial charge in [-0.2, -0.15) is 8.42 Å². The van der Waals surface area contributed by atoms with Gasteiger partial charge in [0.2, 0.25) is 0 Å². The summed E-state index contributed by atoms with van der Waals surface area (Å²) in [4.78, 5) is 0.164. The molecule has 0 bridgehead atoms. The highest BCUT2D eigenvalue weighted by molar-refractivity contribution is 7.86. The quantitative estimate of drug-likeness (QED) is 0.551. The van der Waals surface area contributed by atoms with Crippen molar-refractivity contribution in [2.45, 2.75) is 38.2 Å². The van der Waals surface area contributed by atoms with Crippen molar-refractivity contribution in [3.05, 3.63) is 82.4 Å². The molecular weight excluding hydrogens is 384 g/mol. The van der Waals surface area contributed by atoms with E-state index in [4.69, 9.17) is 8.92 Å². The normalized spacial score (nSPS) is 15.8. The van der Waals surface area contributed by atoms with Crippen LogP contribution in [0.2, 0.25) is 0 Å². The molecule has 0 amide bonds. The predicted octanol–water partition coefficient (Wildman–Crippen LogP) is 5.29. The lowest BCUT2D eigenvalue weighted by Crippen LogP contribution is -2.12. The second-order valence-corrected chi connectivity index (χ2v) is 9.20. The first-order chi connectivity index (χ1) is 13.8. The standard InChI is InChI=1S/C24H24O4S/c1-15-11-12-23(29(25,26)27-4)20(13-15)22-14-19-18(9-6-10-21(19)28-22)24-16(2)7-5-8-17(24)3/h5-13,22H,14H2,1-4H3. The van der Waals surface area contributed by atoms with Crippen molar-refractivity contribution >= 4 is 10.1 Å². The SMILES string of the molecule is COS(=O)(=O)c1ccc(C)cc1C1Cc2c(cccc2-c2c(C)cccc2C)O1. The van der Waals surface area contributed by atoms with Gasteiger partial charge in [0.25, 0.3) is 10.1 Å². The molecule has 3 aromatic carbocycles. The first kappa shape index (κ1) is 19.7. The third-order valence-corrected chi connectivity index (χ3v) is 6.89. The van der Waals surface area contributed by atoms with Gasteiger partial charge < -0.3 is 4.74 Å². The van der Waals surface area contributed by atoms with Crippen molar-refractivity contribution < 1.29 is 17.3 Å². The van der Waals surface area contributed by atoms with Crippen molar-refractivity contribution in [3.8, 4) is 16.9 Å². The minimum Gasteiger partial charge on any atom is -0.485 e. The molecule has 0 fully saturated rings. The number of aryl methyl sites for hydroxylation is 3. The van der Waals surface area contributed by atoms with E-state index in [1.807, 2.05) is 25.1 Å². The Balaban J connectivity index is 1.82. The van der Waals surface area contributed by atoms with Crippen molar-refractivity contribution in [3.63, 3.8) is 0 Å². The molecule has 4 nitrogen and oxygen atoms in total. The first-order valence-electron chi connectivity index (χ1n) is 9.58. The molecule has 150 valence electrons. The number of rotatable bonds is 4. The summed E-state index contributed by atoms with van der Waals surface area (Å²) in [7, 11) is -2.64. The molecule has 0 radical (unpaired) electrons. The van der Waals surface area contributed by atoms with Crippen LogP contribution in [0.25, 0.3) is 11.1 Å². The summed E-state index contributed by atoms with van der Waals surface area (Å²) in [5, 5.41) is 0. The summed E-state index contributed by atoms with van der Waals surface area (Å²) in [6, 6.07) is 17.6. The van der Waals surface area contributed by atoms with Crippen molar-refractivity contribution in [1.29, 1.82) is 0 Å². The van der Waals surface area contributed by atoms with Crippen LogP contribution < -0.4 is 4.74 Å². The Morgan fingerprint density at radius 2 is 1.66 bits per heavy atom. The maximum atomic E-state index is 12.5. The van der Waals surface area contributed by atoms with Gasteiger partial charge >= 0.3 is 0 Å². The Kier molecular flexibility index (Phi) is 4.97. The molecule has 0 N–H and O–H groups in total. The molecule has 0 aromatic heterocycles. The van der Waals surface area contributed by atoms with Crippen LogP contribution in [0.4, 0.5) is 0 Å². The molecule has 3 aromatic rings. The Morgan fingerprint density at radius 3 is 2.34 bits per heavy atom. The molecule has 0 spiro atoms. The lowest BCUT2D eigenvalue weighted by atomic mass is 9.90. The predicted molar refractivity (Wildman–Crippen MR) is 114 cm³/mol. The van der Waals surface area contributed by atoms with Crippen LogP contribution in [-0.4, -0.2) is 15.5 Å². The zero-order valence-corrected chi connectivity index (χ0v) is 17.8. The van der Waals surface area contributed by atoms with Gasteiger partial charge in [-0.3, -0.25) is 4.18 Å². The van der Waals surface area contributed by atoms with Gasteiger partial charge in [0.1, 0.15) is 16.7 Å². The highest BCUT2D eigenvalue weighted by Gasteiger charge is 2.32. The van der Waals surface area contributed by atoms with E-state index in [2.05, 4.69) is 38.1 Å². The monoisotopic (exact) mass is 408 g/mol. The van der Waals surface area contributed by atoms with Crippen LogP contribution in [0.5, 0.6) is 5.75 Å². The van der Waals surface area contributed by atoms with Crippen LogP contribution in [0.3, 0.4) is 0 Å². The Morgan fingerprint density at radius 1 is 0.966 bits per heavy atom. The van der Waals surface area contributed by atoms with E-state index >= 15 is 0 Å². The number of fused-ring (bicyclic) bond motifs is 1. The van der Waals surface area contributed by atoms with Crippen LogP contribution in [0.1, 0.15) is 33.9 Å². The van der Waals surface area contributed by atoms with Gasteiger partial charge in [0.15, 0.2) is 0 Å². The van der Waals surface area contributed by atoms with Gasteiger partial charge in [-0.25, -0.2) is 0 Å². The molecule has 1 atom stereocenters. The summed E-state index contributed by atoms with van der Waals surface area (Å²) in [5.74, 6) is 0.803. The van der Waals surface area contributed by atoms with Gasteiger partial charge in [-0.05, 0) is 55.2 Å². The Bertz CT molecular complexity index is 1180. The molecule has 1 heterocycles. The second-order valence-electron chi connectivity index (χ2n) is 7.52. The summed E-state index contributed by atoms with van der Waals surface area (Å²) < 4.78 is 36.0. The van der Waals surface area contributed by atoms with Crippen molar-refractivity contribution in [2.24, 2.45) is 0 Å². The number of hydrogen-bond donors (Lipinski definition) is 0. The largest absolute Gasteiger partial charge is 0.485 e. The Hall–Kier alpha value is -2.63. The summed E-state index contributed by atoms with van der Waals surface area (Å²) in [6.07, 6.45) is 0.227. The fourth-order valence-corrected chi connectivity index (χ4v) is 5.04. The van der Waals surface area contributed by atoms with Gasteiger partial charge in [0, 0.05) is 17.5 Å². The maximum Gasteiger partial charge on any atom is 0.297 e. The van der Waals surface area contributed by atoms with Gasteiger partial charge in [-0.1, -0.05) is 48.0 Å². The van der Waals surface area contributed by atoms with Crippen LogP contribution in [0, 0.1) is 20.8 Å². The van der Waals surface area contributed by atoms with E-state index in [-0.39, 0.29) is 11.0 Å². The lowest BCUT2D eigenvalue weighted by Gasteiger charge is -2.16. The summed E-state index contributed by atoms with van der Waals surface area (Å²) in [5.41, 5.74) is 7.49. The molecule has 0 saturated heterocycles.